The maximum atomic E-state index is 12.1. The summed E-state index contributed by atoms with van der Waals surface area (Å²) in [4.78, 5) is 16.2. The minimum atomic E-state index is -0.0187. The number of carbonyl (C=O) groups is 1. The second kappa shape index (κ2) is 5.83. The lowest BCUT2D eigenvalue weighted by Gasteiger charge is -2.34. The summed E-state index contributed by atoms with van der Waals surface area (Å²) in [6.07, 6.45) is 6.84. The third kappa shape index (κ3) is 3.10. The van der Waals surface area contributed by atoms with Gasteiger partial charge in [-0.1, -0.05) is 26.7 Å². The summed E-state index contributed by atoms with van der Waals surface area (Å²) >= 11 is 3.33. The zero-order chi connectivity index (χ0) is 13.1. The number of carbonyl (C=O) groups excluding carboxylic acids is 1. The molecule has 98 valence electrons. The van der Waals surface area contributed by atoms with Crippen molar-refractivity contribution in [2.45, 2.75) is 39.2 Å². The van der Waals surface area contributed by atoms with Gasteiger partial charge in [-0.15, -0.1) is 0 Å². The second-order valence-corrected chi connectivity index (χ2v) is 6.15. The summed E-state index contributed by atoms with van der Waals surface area (Å²) in [7, 11) is 0. The first-order valence-corrected chi connectivity index (χ1v) is 7.28. The molecule has 1 aromatic rings. The Morgan fingerprint density at radius 2 is 2.17 bits per heavy atom. The molecule has 1 aliphatic rings. The van der Waals surface area contributed by atoms with Crippen LogP contribution >= 0.6 is 15.9 Å². The van der Waals surface area contributed by atoms with Crippen molar-refractivity contribution >= 4 is 21.8 Å². The molecule has 18 heavy (non-hydrogen) atoms. The van der Waals surface area contributed by atoms with Crippen molar-refractivity contribution in [2.24, 2.45) is 11.8 Å². The van der Waals surface area contributed by atoms with Crippen LogP contribution in [0.5, 0.6) is 0 Å². The van der Waals surface area contributed by atoms with E-state index in [2.05, 4.69) is 40.1 Å². The molecular formula is C14H19BrN2O. The van der Waals surface area contributed by atoms with Gasteiger partial charge in [0.05, 0.1) is 5.56 Å². The Hall–Kier alpha value is -0.900. The minimum absolute atomic E-state index is 0.0187. The fraction of sp³-hybridized carbons (Fsp3) is 0.571. The Kier molecular flexibility index (Phi) is 4.38. The van der Waals surface area contributed by atoms with Crippen LogP contribution in [0.25, 0.3) is 0 Å². The molecule has 3 nitrogen and oxygen atoms in total. The average molecular weight is 311 g/mol. The second-order valence-electron chi connectivity index (χ2n) is 5.24. The summed E-state index contributed by atoms with van der Waals surface area (Å²) in [6, 6.07) is 2.10. The lowest BCUT2D eigenvalue weighted by atomic mass is 9.78. The molecule has 3 atom stereocenters. The molecule has 1 heterocycles. The predicted molar refractivity (Wildman–Crippen MR) is 75.4 cm³/mol. The van der Waals surface area contributed by atoms with Gasteiger partial charge in [0.2, 0.25) is 0 Å². The van der Waals surface area contributed by atoms with Gasteiger partial charge in [0.25, 0.3) is 5.91 Å². The number of nitrogens with zero attached hydrogens (tertiary/aromatic N) is 1. The minimum Gasteiger partial charge on any atom is -0.349 e. The summed E-state index contributed by atoms with van der Waals surface area (Å²) in [5.74, 6) is 1.21. The highest BCUT2D eigenvalue weighted by molar-refractivity contribution is 9.10. The number of hydrogen-bond acceptors (Lipinski definition) is 2. The third-order valence-electron chi connectivity index (χ3n) is 3.99. The molecule has 0 unspecified atom stereocenters. The number of pyridine rings is 1. The molecule has 0 radical (unpaired) electrons. The van der Waals surface area contributed by atoms with Crippen LogP contribution in [0.3, 0.4) is 0 Å². The van der Waals surface area contributed by atoms with Crippen LogP contribution in [0.1, 0.15) is 43.5 Å². The van der Waals surface area contributed by atoms with Crippen molar-refractivity contribution in [3.8, 4) is 0 Å². The van der Waals surface area contributed by atoms with Crippen LogP contribution < -0.4 is 5.32 Å². The Labute approximate surface area is 117 Å². The quantitative estimate of drug-likeness (QED) is 0.909. The SMILES string of the molecule is C[C@@H]1[C@H](C)CCC[C@H]1NC(=O)c1cncc(Br)c1. The number of hydrogen-bond donors (Lipinski definition) is 1. The number of halogens is 1. The molecule has 0 aliphatic heterocycles. The number of nitrogens with one attached hydrogen (secondary N) is 1. The van der Waals surface area contributed by atoms with Gasteiger partial charge in [-0.25, -0.2) is 0 Å². The Balaban J connectivity index is 2.03. The van der Waals surface area contributed by atoms with E-state index in [1.165, 1.54) is 12.8 Å². The molecule has 1 aliphatic carbocycles. The molecule has 1 aromatic heterocycles. The maximum Gasteiger partial charge on any atom is 0.253 e. The molecule has 0 aromatic carbocycles. The lowest BCUT2D eigenvalue weighted by molar-refractivity contribution is 0.0890. The maximum absolute atomic E-state index is 12.1. The molecule has 4 heteroatoms. The van der Waals surface area contributed by atoms with E-state index in [-0.39, 0.29) is 5.91 Å². The normalized spacial score (nSPS) is 27.8. The number of rotatable bonds is 2. The van der Waals surface area contributed by atoms with Crippen LogP contribution in [0.2, 0.25) is 0 Å². The van der Waals surface area contributed by atoms with E-state index in [4.69, 9.17) is 0 Å². The highest BCUT2D eigenvalue weighted by Crippen LogP contribution is 2.29. The van der Waals surface area contributed by atoms with Gasteiger partial charge in [-0.3, -0.25) is 9.78 Å². The first kappa shape index (κ1) is 13.5. The Bertz CT molecular complexity index is 436. The predicted octanol–water partition coefficient (Wildman–Crippen LogP) is 3.40. The van der Waals surface area contributed by atoms with Crippen molar-refractivity contribution in [3.63, 3.8) is 0 Å². The summed E-state index contributed by atoms with van der Waals surface area (Å²) in [5, 5.41) is 3.14. The molecule has 1 amide bonds. The fourth-order valence-electron chi connectivity index (χ4n) is 2.57. The van der Waals surface area contributed by atoms with Crippen LogP contribution in [0, 0.1) is 11.8 Å². The smallest absolute Gasteiger partial charge is 0.253 e. The van der Waals surface area contributed by atoms with Gasteiger partial charge in [0.15, 0.2) is 0 Å². The van der Waals surface area contributed by atoms with Gasteiger partial charge in [-0.2, -0.15) is 0 Å². The number of aromatic nitrogens is 1. The van der Waals surface area contributed by atoms with Crippen LogP contribution in [0.15, 0.2) is 22.9 Å². The molecule has 2 rings (SSSR count). The van der Waals surface area contributed by atoms with E-state index in [0.717, 1.165) is 10.9 Å². The van der Waals surface area contributed by atoms with Gasteiger partial charge < -0.3 is 5.32 Å². The summed E-state index contributed by atoms with van der Waals surface area (Å²) < 4.78 is 0.834. The van der Waals surface area contributed by atoms with Gasteiger partial charge in [-0.05, 0) is 40.3 Å². The van der Waals surface area contributed by atoms with E-state index >= 15 is 0 Å². The van der Waals surface area contributed by atoms with Crippen LogP contribution in [-0.4, -0.2) is 16.9 Å². The van der Waals surface area contributed by atoms with Crippen molar-refractivity contribution in [1.29, 1.82) is 0 Å². The van der Waals surface area contributed by atoms with E-state index in [1.54, 1.807) is 18.5 Å². The van der Waals surface area contributed by atoms with Gasteiger partial charge in [0.1, 0.15) is 0 Å². The molecule has 1 N–H and O–H groups in total. The van der Waals surface area contributed by atoms with Crippen LogP contribution in [0.4, 0.5) is 0 Å². The zero-order valence-corrected chi connectivity index (χ0v) is 12.4. The van der Waals surface area contributed by atoms with Crippen molar-refractivity contribution in [2.75, 3.05) is 0 Å². The monoisotopic (exact) mass is 310 g/mol. The highest BCUT2D eigenvalue weighted by atomic mass is 79.9. The van der Waals surface area contributed by atoms with Gasteiger partial charge >= 0.3 is 0 Å². The highest BCUT2D eigenvalue weighted by Gasteiger charge is 2.28. The van der Waals surface area contributed by atoms with E-state index in [1.807, 2.05) is 0 Å². The number of amides is 1. The summed E-state index contributed by atoms with van der Waals surface area (Å²) in [5.41, 5.74) is 0.620. The Morgan fingerprint density at radius 3 is 2.89 bits per heavy atom. The summed E-state index contributed by atoms with van der Waals surface area (Å²) in [6.45, 7) is 4.50. The molecule has 0 bridgehead atoms. The molecule has 0 spiro atoms. The first-order valence-electron chi connectivity index (χ1n) is 6.49. The van der Waals surface area contributed by atoms with E-state index in [0.29, 0.717) is 23.4 Å². The topological polar surface area (TPSA) is 42.0 Å². The Morgan fingerprint density at radius 1 is 1.39 bits per heavy atom. The van der Waals surface area contributed by atoms with E-state index < -0.39 is 0 Å². The largest absolute Gasteiger partial charge is 0.349 e. The van der Waals surface area contributed by atoms with Crippen molar-refractivity contribution in [3.05, 3.63) is 28.5 Å². The third-order valence-corrected chi connectivity index (χ3v) is 4.42. The van der Waals surface area contributed by atoms with Gasteiger partial charge in [0, 0.05) is 22.9 Å². The first-order chi connectivity index (χ1) is 8.58. The average Bonchev–Trinajstić information content (AvgIpc) is 2.35. The molecular weight excluding hydrogens is 292 g/mol. The fourth-order valence-corrected chi connectivity index (χ4v) is 2.94. The molecule has 1 saturated carbocycles. The molecule has 0 saturated heterocycles. The zero-order valence-electron chi connectivity index (χ0n) is 10.8. The van der Waals surface area contributed by atoms with Crippen molar-refractivity contribution in [1.82, 2.24) is 10.3 Å². The lowest BCUT2D eigenvalue weighted by Crippen LogP contribution is -2.43. The molecule has 1 fully saturated rings. The van der Waals surface area contributed by atoms with Crippen LogP contribution in [-0.2, 0) is 0 Å². The van der Waals surface area contributed by atoms with E-state index in [9.17, 15) is 4.79 Å². The standard InChI is InChI=1S/C14H19BrN2O/c1-9-4-3-5-13(10(9)2)17-14(18)11-6-12(15)8-16-7-11/h6-10,13H,3-5H2,1-2H3,(H,17,18)/t9-,10-,13-/m1/s1. The van der Waals surface area contributed by atoms with Crippen molar-refractivity contribution < 1.29 is 4.79 Å².